The van der Waals surface area contributed by atoms with Crippen LogP contribution in [0.3, 0.4) is 0 Å². The Bertz CT molecular complexity index is 1480. The minimum Gasteiger partial charge on any atom is -0.443 e. The Kier molecular flexibility index (Phi) is 8.89. The number of carbonyl (C=O) groups is 1. The maximum atomic E-state index is 13.7. The molecule has 0 bridgehead atoms. The number of ether oxygens (including phenoxy) is 2. The molecule has 0 atom stereocenters. The molecule has 8 nitrogen and oxygen atoms in total. The second-order valence-electron chi connectivity index (χ2n) is 11.9. The van der Waals surface area contributed by atoms with Crippen LogP contribution in [0.25, 0.3) is 0 Å². The summed E-state index contributed by atoms with van der Waals surface area (Å²) in [5, 5.41) is 0. The first-order valence-electron chi connectivity index (χ1n) is 14.4. The zero-order valence-electron chi connectivity index (χ0n) is 25.0. The van der Waals surface area contributed by atoms with Crippen molar-refractivity contribution in [2.45, 2.75) is 58.2 Å². The summed E-state index contributed by atoms with van der Waals surface area (Å²) in [6.45, 7) is 7.50. The molecule has 1 saturated heterocycles. The van der Waals surface area contributed by atoms with Gasteiger partial charge in [-0.3, -0.25) is 4.90 Å². The van der Waals surface area contributed by atoms with E-state index in [-0.39, 0.29) is 30.7 Å². The molecule has 0 aliphatic carbocycles. The molecule has 2 aliphatic heterocycles. The van der Waals surface area contributed by atoms with Crippen LogP contribution in [0.4, 0.5) is 48.5 Å². The fourth-order valence-corrected chi connectivity index (χ4v) is 5.36. The molecule has 0 saturated carbocycles. The second kappa shape index (κ2) is 12.4. The van der Waals surface area contributed by atoms with Gasteiger partial charge in [-0.1, -0.05) is 18.2 Å². The smallest absolute Gasteiger partial charge is 0.416 e. The van der Waals surface area contributed by atoms with Crippen LogP contribution in [0.1, 0.15) is 48.6 Å². The van der Waals surface area contributed by atoms with Crippen molar-refractivity contribution in [3.63, 3.8) is 0 Å². The van der Waals surface area contributed by atoms with Gasteiger partial charge in [0.1, 0.15) is 5.60 Å². The van der Waals surface area contributed by atoms with Crippen LogP contribution in [0.15, 0.2) is 48.8 Å². The van der Waals surface area contributed by atoms with E-state index in [0.717, 1.165) is 5.56 Å². The Morgan fingerprint density at radius 3 is 2.11 bits per heavy atom. The Morgan fingerprint density at radius 1 is 0.911 bits per heavy atom. The number of fused-ring (bicyclic) bond motifs is 1. The minimum absolute atomic E-state index is 0.0169. The van der Waals surface area contributed by atoms with Gasteiger partial charge in [-0.15, -0.1) is 0 Å². The van der Waals surface area contributed by atoms with Crippen molar-refractivity contribution in [3.8, 4) is 0 Å². The number of benzene rings is 2. The molecule has 5 rings (SSSR count). The van der Waals surface area contributed by atoms with Gasteiger partial charge in [0.05, 0.1) is 48.1 Å². The van der Waals surface area contributed by atoms with Crippen molar-refractivity contribution in [2.75, 3.05) is 47.5 Å². The lowest BCUT2D eigenvalue weighted by atomic mass is 10.0. The van der Waals surface area contributed by atoms with Crippen LogP contribution in [0.5, 0.6) is 0 Å². The SMILES string of the molecule is CC(C)(C)OC(=O)N1CCc2cccc(CN(Cc3cc(C(F)(F)F)cc(C(F)(F)F)c3)c3ncc(N4CCOCC4)cn3)c21. The highest BCUT2D eigenvalue weighted by molar-refractivity contribution is 5.91. The number of rotatable bonds is 6. The van der Waals surface area contributed by atoms with E-state index in [1.165, 1.54) is 9.80 Å². The van der Waals surface area contributed by atoms with Crippen LogP contribution < -0.4 is 14.7 Å². The lowest BCUT2D eigenvalue weighted by Gasteiger charge is -2.30. The Morgan fingerprint density at radius 2 is 1.53 bits per heavy atom. The molecule has 1 fully saturated rings. The molecule has 45 heavy (non-hydrogen) atoms. The average Bonchev–Trinajstić information content (AvgIpc) is 3.41. The van der Waals surface area contributed by atoms with E-state index < -0.39 is 35.2 Å². The highest BCUT2D eigenvalue weighted by atomic mass is 19.4. The normalized spacial score (nSPS) is 15.7. The van der Waals surface area contributed by atoms with Crippen molar-refractivity contribution in [3.05, 3.63) is 76.6 Å². The zero-order chi connectivity index (χ0) is 32.6. The highest BCUT2D eigenvalue weighted by Gasteiger charge is 2.37. The third-order valence-electron chi connectivity index (χ3n) is 7.36. The van der Waals surface area contributed by atoms with Gasteiger partial charge in [0.25, 0.3) is 0 Å². The summed E-state index contributed by atoms with van der Waals surface area (Å²) in [7, 11) is 0. The van der Waals surface area contributed by atoms with Gasteiger partial charge in [0, 0.05) is 32.7 Å². The van der Waals surface area contributed by atoms with Gasteiger partial charge in [0.15, 0.2) is 0 Å². The maximum Gasteiger partial charge on any atom is 0.416 e. The van der Waals surface area contributed by atoms with E-state index in [1.807, 2.05) is 11.0 Å². The minimum atomic E-state index is -4.99. The molecular weight excluding hydrogens is 604 g/mol. The van der Waals surface area contributed by atoms with Gasteiger partial charge in [-0.05, 0) is 62.1 Å². The largest absolute Gasteiger partial charge is 0.443 e. The third-order valence-corrected chi connectivity index (χ3v) is 7.36. The summed E-state index contributed by atoms with van der Waals surface area (Å²) in [6.07, 6.45) is -6.86. The molecule has 0 radical (unpaired) electrons. The molecule has 1 aromatic heterocycles. The number of carbonyl (C=O) groups excluding carboxylic acids is 1. The van der Waals surface area contributed by atoms with Crippen LogP contribution in [0.2, 0.25) is 0 Å². The average molecular weight is 638 g/mol. The first kappa shape index (κ1) is 32.3. The number of aromatic nitrogens is 2. The van der Waals surface area contributed by atoms with E-state index >= 15 is 0 Å². The summed E-state index contributed by atoms with van der Waals surface area (Å²) in [6, 6.07) is 6.91. The number of hydrogen-bond acceptors (Lipinski definition) is 7. The number of alkyl halides is 6. The molecular formula is C31H33F6N5O3. The van der Waals surface area contributed by atoms with Crippen molar-refractivity contribution < 1.29 is 40.6 Å². The first-order chi connectivity index (χ1) is 21.1. The van der Waals surface area contributed by atoms with Crippen molar-refractivity contribution in [2.24, 2.45) is 0 Å². The molecule has 2 aromatic carbocycles. The second-order valence-corrected chi connectivity index (χ2v) is 11.9. The highest BCUT2D eigenvalue weighted by Crippen LogP contribution is 2.38. The van der Waals surface area contributed by atoms with Crippen LogP contribution in [-0.2, 0) is 41.3 Å². The van der Waals surface area contributed by atoms with E-state index in [2.05, 4.69) is 9.97 Å². The van der Waals surface area contributed by atoms with Gasteiger partial charge in [0.2, 0.25) is 5.95 Å². The van der Waals surface area contributed by atoms with E-state index in [0.29, 0.717) is 68.3 Å². The molecule has 14 heteroatoms. The Labute approximate surface area is 256 Å². The van der Waals surface area contributed by atoms with E-state index in [1.54, 1.807) is 45.3 Å². The maximum absolute atomic E-state index is 13.7. The molecule has 3 aromatic rings. The standard InChI is InChI=1S/C31H33F6N5O3/c1-29(2,3)45-28(43)42-8-7-21-5-4-6-22(26(21)42)19-41(27-38-16-25(17-39-27)40-9-11-44-12-10-40)18-20-13-23(30(32,33)34)15-24(14-20)31(35,36)37/h4-6,13-17H,7-12,18-19H2,1-3H3. The molecule has 0 spiro atoms. The lowest BCUT2D eigenvalue weighted by Crippen LogP contribution is -2.37. The molecule has 242 valence electrons. The van der Waals surface area contributed by atoms with Gasteiger partial charge in [-0.25, -0.2) is 14.8 Å². The topological polar surface area (TPSA) is 71.0 Å². The van der Waals surface area contributed by atoms with E-state index in [4.69, 9.17) is 9.47 Å². The fraction of sp³-hybridized carbons (Fsp3) is 0.452. The summed E-state index contributed by atoms with van der Waals surface area (Å²) in [5.74, 6) is 0.0948. The summed E-state index contributed by atoms with van der Waals surface area (Å²) in [5.41, 5.74) is -1.04. The Balaban J connectivity index is 1.54. The van der Waals surface area contributed by atoms with Crippen LogP contribution >= 0.6 is 0 Å². The van der Waals surface area contributed by atoms with Crippen molar-refractivity contribution in [1.82, 2.24) is 9.97 Å². The van der Waals surface area contributed by atoms with Gasteiger partial charge >= 0.3 is 18.4 Å². The number of halogens is 6. The third kappa shape index (κ3) is 7.78. The number of para-hydroxylation sites is 1. The monoisotopic (exact) mass is 637 g/mol. The quantitative estimate of drug-likeness (QED) is 0.274. The van der Waals surface area contributed by atoms with Crippen LogP contribution in [-0.4, -0.2) is 54.5 Å². The van der Waals surface area contributed by atoms with Crippen molar-refractivity contribution in [1.29, 1.82) is 0 Å². The Hall–Kier alpha value is -4.07. The number of amides is 1. The van der Waals surface area contributed by atoms with Crippen LogP contribution in [0, 0.1) is 0 Å². The predicted molar refractivity (Wildman–Crippen MR) is 155 cm³/mol. The molecule has 3 heterocycles. The van der Waals surface area contributed by atoms with E-state index in [9.17, 15) is 31.1 Å². The number of hydrogen-bond donors (Lipinski definition) is 0. The van der Waals surface area contributed by atoms with Gasteiger partial charge < -0.3 is 19.3 Å². The number of nitrogens with zero attached hydrogens (tertiary/aromatic N) is 5. The molecule has 1 amide bonds. The lowest BCUT2D eigenvalue weighted by molar-refractivity contribution is -0.143. The fourth-order valence-electron chi connectivity index (χ4n) is 5.36. The number of morpholine rings is 1. The predicted octanol–water partition coefficient (Wildman–Crippen LogP) is 6.86. The molecule has 0 N–H and O–H groups in total. The van der Waals surface area contributed by atoms with Crippen molar-refractivity contribution >= 4 is 23.4 Å². The van der Waals surface area contributed by atoms with Gasteiger partial charge in [-0.2, -0.15) is 26.3 Å². The zero-order valence-corrected chi connectivity index (χ0v) is 25.0. The summed E-state index contributed by atoms with van der Waals surface area (Å²) >= 11 is 0. The number of anilines is 3. The summed E-state index contributed by atoms with van der Waals surface area (Å²) < 4.78 is 93.1. The molecule has 2 aliphatic rings. The summed E-state index contributed by atoms with van der Waals surface area (Å²) in [4.78, 5) is 27.1. The molecule has 0 unspecified atom stereocenters. The first-order valence-corrected chi connectivity index (χ1v) is 14.4.